The van der Waals surface area contributed by atoms with Gasteiger partial charge < -0.3 is 4.74 Å². The van der Waals surface area contributed by atoms with E-state index in [0.717, 1.165) is 15.0 Å². The van der Waals surface area contributed by atoms with Crippen molar-refractivity contribution in [2.45, 2.75) is 39.5 Å². The van der Waals surface area contributed by atoms with Gasteiger partial charge in [-0.05, 0) is 43.4 Å². The summed E-state index contributed by atoms with van der Waals surface area (Å²) in [4.78, 5) is 13.5. The molecule has 0 aromatic carbocycles. The number of aromatic nitrogens is 2. The fourth-order valence-electron chi connectivity index (χ4n) is 1.55. The average molecular weight is 335 g/mol. The average Bonchev–Trinajstić information content (AvgIpc) is 2.65. The molecule has 0 radical (unpaired) electrons. The molecule has 1 aromatic rings. The fraction of sp³-hybridized carbons (Fsp3) is 0.600. The van der Waals surface area contributed by atoms with Crippen LogP contribution in [0.1, 0.15) is 32.0 Å². The minimum absolute atomic E-state index is 0.277. The third-order valence-electron chi connectivity index (χ3n) is 2.24. The van der Waals surface area contributed by atoms with Gasteiger partial charge in [-0.25, -0.2) is 4.79 Å². The number of H-pyrrole nitrogens is 1. The maximum atomic E-state index is 11.8. The maximum absolute atomic E-state index is 11.8. The van der Waals surface area contributed by atoms with Gasteiger partial charge in [-0.3, -0.25) is 10.00 Å². The maximum Gasteiger partial charge on any atom is 0.410 e. The number of aromatic amines is 1. The number of rotatable bonds is 0. The van der Waals surface area contributed by atoms with Crippen LogP contribution in [0.2, 0.25) is 0 Å². The Morgan fingerprint density at radius 2 is 2.19 bits per heavy atom. The highest BCUT2D eigenvalue weighted by atomic mass is 127. The molecule has 0 unspecified atom stereocenters. The molecule has 0 aliphatic carbocycles. The lowest BCUT2D eigenvalue weighted by Gasteiger charge is -2.24. The zero-order chi connectivity index (χ0) is 11.9. The number of halogens is 1. The second kappa shape index (κ2) is 3.90. The molecule has 1 aliphatic heterocycles. The normalized spacial score (nSPS) is 15.1. The highest BCUT2D eigenvalue weighted by Crippen LogP contribution is 2.26. The van der Waals surface area contributed by atoms with Gasteiger partial charge in [0.2, 0.25) is 0 Å². The summed E-state index contributed by atoms with van der Waals surface area (Å²) in [7, 11) is 0. The van der Waals surface area contributed by atoms with Gasteiger partial charge in [0.15, 0.2) is 0 Å². The second-order valence-corrected chi connectivity index (χ2v) is 5.88. The van der Waals surface area contributed by atoms with E-state index < -0.39 is 5.60 Å². The molecule has 5 nitrogen and oxygen atoms in total. The fourth-order valence-corrected chi connectivity index (χ4v) is 2.16. The van der Waals surface area contributed by atoms with Gasteiger partial charge in [0.05, 0.1) is 18.8 Å². The van der Waals surface area contributed by atoms with Crippen LogP contribution in [-0.2, 0) is 17.8 Å². The van der Waals surface area contributed by atoms with E-state index in [1.807, 2.05) is 20.8 Å². The van der Waals surface area contributed by atoms with Crippen LogP contribution < -0.4 is 0 Å². The number of nitrogens with one attached hydrogen (secondary N) is 1. The first-order valence-corrected chi connectivity index (χ1v) is 6.14. The lowest BCUT2D eigenvalue weighted by molar-refractivity contribution is 0.0239. The van der Waals surface area contributed by atoms with E-state index in [1.54, 1.807) is 4.90 Å². The van der Waals surface area contributed by atoms with Crippen molar-refractivity contribution in [3.63, 3.8) is 0 Å². The molecule has 88 valence electrons. The van der Waals surface area contributed by atoms with Gasteiger partial charge in [0.25, 0.3) is 0 Å². The van der Waals surface area contributed by atoms with Crippen LogP contribution in [0.25, 0.3) is 0 Å². The lowest BCUT2D eigenvalue weighted by atomic mass is 10.2. The van der Waals surface area contributed by atoms with Crippen molar-refractivity contribution in [1.82, 2.24) is 15.1 Å². The third kappa shape index (κ3) is 2.31. The van der Waals surface area contributed by atoms with Crippen molar-refractivity contribution in [2.75, 3.05) is 0 Å². The van der Waals surface area contributed by atoms with Gasteiger partial charge in [0, 0.05) is 5.56 Å². The summed E-state index contributed by atoms with van der Waals surface area (Å²) in [6.45, 7) is 6.71. The van der Waals surface area contributed by atoms with Crippen LogP contribution in [0.4, 0.5) is 4.79 Å². The molecule has 1 amide bonds. The number of ether oxygens (including phenoxy) is 1. The molecule has 1 N–H and O–H groups in total. The van der Waals surface area contributed by atoms with Crippen molar-refractivity contribution in [2.24, 2.45) is 0 Å². The van der Waals surface area contributed by atoms with Crippen LogP contribution in [0.3, 0.4) is 0 Å². The number of nitrogens with zero attached hydrogens (tertiary/aromatic N) is 2. The van der Waals surface area contributed by atoms with E-state index >= 15 is 0 Å². The Morgan fingerprint density at radius 1 is 1.50 bits per heavy atom. The van der Waals surface area contributed by atoms with Crippen molar-refractivity contribution in [1.29, 1.82) is 0 Å². The summed E-state index contributed by atoms with van der Waals surface area (Å²) < 4.78 is 6.31. The van der Waals surface area contributed by atoms with Gasteiger partial charge in [-0.15, -0.1) is 0 Å². The topological polar surface area (TPSA) is 58.2 Å². The summed E-state index contributed by atoms with van der Waals surface area (Å²) in [6.07, 6.45) is -0.277. The molecule has 1 aliphatic rings. The van der Waals surface area contributed by atoms with Crippen LogP contribution in [-0.4, -0.2) is 26.8 Å². The number of hydrogen-bond donors (Lipinski definition) is 1. The summed E-state index contributed by atoms with van der Waals surface area (Å²) in [6, 6.07) is 0. The smallest absolute Gasteiger partial charge is 0.410 e. The van der Waals surface area contributed by atoms with E-state index in [-0.39, 0.29) is 6.09 Å². The number of fused-ring (bicyclic) bond motifs is 1. The lowest BCUT2D eigenvalue weighted by Crippen LogP contribution is -2.33. The van der Waals surface area contributed by atoms with Gasteiger partial charge in [-0.2, -0.15) is 5.10 Å². The van der Waals surface area contributed by atoms with Crippen molar-refractivity contribution >= 4 is 28.7 Å². The number of carbonyl (C=O) groups is 1. The molecular weight excluding hydrogens is 321 g/mol. The van der Waals surface area contributed by atoms with Crippen LogP contribution in [0.15, 0.2) is 0 Å². The Kier molecular flexibility index (Phi) is 2.85. The summed E-state index contributed by atoms with van der Waals surface area (Å²) in [5.41, 5.74) is 1.60. The van der Waals surface area contributed by atoms with Crippen LogP contribution >= 0.6 is 22.6 Å². The Bertz CT molecular complexity index is 422. The molecule has 2 rings (SSSR count). The summed E-state index contributed by atoms with van der Waals surface area (Å²) in [5.74, 6) is 0. The predicted molar refractivity (Wildman–Crippen MR) is 66.8 cm³/mol. The monoisotopic (exact) mass is 335 g/mol. The van der Waals surface area contributed by atoms with Crippen LogP contribution in [0.5, 0.6) is 0 Å². The summed E-state index contributed by atoms with van der Waals surface area (Å²) >= 11 is 2.19. The van der Waals surface area contributed by atoms with E-state index in [4.69, 9.17) is 4.74 Å². The van der Waals surface area contributed by atoms with E-state index in [2.05, 4.69) is 32.8 Å². The van der Waals surface area contributed by atoms with E-state index in [0.29, 0.717) is 13.1 Å². The Labute approximate surface area is 108 Å². The zero-order valence-corrected chi connectivity index (χ0v) is 11.7. The van der Waals surface area contributed by atoms with Gasteiger partial charge >= 0.3 is 6.09 Å². The van der Waals surface area contributed by atoms with E-state index in [1.165, 1.54) is 0 Å². The largest absolute Gasteiger partial charge is 0.444 e. The van der Waals surface area contributed by atoms with Gasteiger partial charge in [-0.1, -0.05) is 0 Å². The highest BCUT2D eigenvalue weighted by molar-refractivity contribution is 14.1. The predicted octanol–water partition coefficient (Wildman–Crippen LogP) is 2.27. The molecule has 0 fully saturated rings. The Morgan fingerprint density at radius 3 is 2.75 bits per heavy atom. The minimum Gasteiger partial charge on any atom is -0.444 e. The Hall–Kier alpha value is -0.790. The zero-order valence-electron chi connectivity index (χ0n) is 9.50. The molecule has 0 spiro atoms. The molecule has 2 heterocycles. The number of amides is 1. The first-order chi connectivity index (χ1) is 7.37. The molecule has 0 saturated carbocycles. The third-order valence-corrected chi connectivity index (χ3v) is 3.14. The van der Waals surface area contributed by atoms with Crippen molar-refractivity contribution in [3.05, 3.63) is 15.0 Å². The molecule has 0 atom stereocenters. The standard InChI is InChI=1S/C10H14IN3O2/c1-10(2,3)16-9(15)14-4-6-7(5-14)12-13-8(6)11/h4-5H2,1-3H3,(H,12,13). The minimum atomic E-state index is -0.448. The highest BCUT2D eigenvalue weighted by Gasteiger charge is 2.30. The first kappa shape index (κ1) is 11.7. The number of hydrogen-bond acceptors (Lipinski definition) is 3. The Balaban J connectivity index is 2.04. The molecule has 0 bridgehead atoms. The molecule has 0 saturated heterocycles. The molecule has 1 aromatic heterocycles. The number of carbonyl (C=O) groups excluding carboxylic acids is 1. The van der Waals surface area contributed by atoms with E-state index in [9.17, 15) is 4.79 Å². The quantitative estimate of drug-likeness (QED) is 0.740. The first-order valence-electron chi connectivity index (χ1n) is 5.06. The van der Waals surface area contributed by atoms with Gasteiger partial charge in [0.1, 0.15) is 9.30 Å². The summed E-state index contributed by atoms with van der Waals surface area (Å²) in [5, 5.41) is 7.05. The molecule has 6 heteroatoms. The van der Waals surface area contributed by atoms with Crippen molar-refractivity contribution in [3.8, 4) is 0 Å². The van der Waals surface area contributed by atoms with Crippen LogP contribution in [0, 0.1) is 3.70 Å². The second-order valence-electron chi connectivity index (χ2n) is 4.80. The SMILES string of the molecule is CC(C)(C)OC(=O)N1Cc2n[nH]c(I)c2C1. The molecule has 16 heavy (non-hydrogen) atoms. The molecular formula is C10H14IN3O2. The van der Waals surface area contributed by atoms with Crippen molar-refractivity contribution < 1.29 is 9.53 Å².